The van der Waals surface area contributed by atoms with Gasteiger partial charge in [-0.2, -0.15) is 4.98 Å². The standard InChI is InChI=1S/C24H28BrN3O5S/c1-15-4-6-17(7-5-15)21-20(23(29)26-2)19-14-18(16-8-9-16)22(27-24(19)33-21)28-34(30,31)13-3-11-32-12-10-25/h4-7,14,16H,3,8-13H2,1-2H3,(H,26,29)(H,27,28). The van der Waals surface area contributed by atoms with E-state index in [2.05, 4.69) is 31.0 Å². The SMILES string of the molecule is CNC(=O)c1c(-c2ccc(C)cc2)oc2nc(NS(=O)(=O)CCCOCCBr)c(C3CC3)cc12. The molecule has 34 heavy (non-hydrogen) atoms. The summed E-state index contributed by atoms with van der Waals surface area (Å²) >= 11 is 3.27. The third kappa shape index (κ3) is 5.61. The Bertz CT molecular complexity index is 1280. The second-order valence-electron chi connectivity index (χ2n) is 8.38. The molecule has 0 spiro atoms. The van der Waals surface area contributed by atoms with Crippen molar-refractivity contribution in [1.29, 1.82) is 0 Å². The number of hydrogen-bond donors (Lipinski definition) is 2. The minimum Gasteiger partial charge on any atom is -0.437 e. The van der Waals surface area contributed by atoms with Crippen molar-refractivity contribution in [2.24, 2.45) is 0 Å². The highest BCUT2D eigenvalue weighted by atomic mass is 79.9. The molecule has 0 unspecified atom stereocenters. The third-order valence-electron chi connectivity index (χ3n) is 5.67. The number of amides is 1. The summed E-state index contributed by atoms with van der Waals surface area (Å²) in [6.45, 7) is 2.88. The number of aryl methyl sites for hydroxylation is 1. The van der Waals surface area contributed by atoms with Gasteiger partial charge in [0.1, 0.15) is 11.6 Å². The van der Waals surface area contributed by atoms with E-state index in [9.17, 15) is 13.2 Å². The van der Waals surface area contributed by atoms with Gasteiger partial charge in [-0.1, -0.05) is 45.8 Å². The van der Waals surface area contributed by atoms with E-state index < -0.39 is 10.0 Å². The van der Waals surface area contributed by atoms with Gasteiger partial charge in [-0.3, -0.25) is 9.52 Å². The van der Waals surface area contributed by atoms with Crippen molar-refractivity contribution in [3.8, 4) is 11.3 Å². The van der Waals surface area contributed by atoms with E-state index in [0.29, 0.717) is 41.7 Å². The van der Waals surface area contributed by atoms with Crippen molar-refractivity contribution in [3.63, 3.8) is 0 Å². The van der Waals surface area contributed by atoms with E-state index in [0.717, 1.165) is 29.5 Å². The molecule has 3 aromatic rings. The number of sulfonamides is 1. The van der Waals surface area contributed by atoms with Gasteiger partial charge < -0.3 is 14.5 Å². The molecule has 0 radical (unpaired) electrons. The largest absolute Gasteiger partial charge is 0.437 e. The van der Waals surface area contributed by atoms with Crippen LogP contribution in [0.15, 0.2) is 34.7 Å². The fourth-order valence-corrected chi connectivity index (χ4v) is 5.08. The summed E-state index contributed by atoms with van der Waals surface area (Å²) in [6.07, 6.45) is 2.27. The van der Waals surface area contributed by atoms with Crippen LogP contribution in [0.4, 0.5) is 5.82 Å². The van der Waals surface area contributed by atoms with E-state index in [1.165, 1.54) is 0 Å². The summed E-state index contributed by atoms with van der Waals surface area (Å²) in [7, 11) is -2.06. The number of benzene rings is 1. The molecule has 2 aromatic heterocycles. The molecule has 8 nitrogen and oxygen atoms in total. The van der Waals surface area contributed by atoms with Crippen LogP contribution in [0.25, 0.3) is 22.4 Å². The first-order valence-corrected chi connectivity index (χ1v) is 14.0. The highest BCUT2D eigenvalue weighted by Gasteiger charge is 2.31. The fourth-order valence-electron chi connectivity index (χ4n) is 3.79. The molecular formula is C24H28BrN3O5S. The zero-order valence-corrected chi connectivity index (χ0v) is 21.6. The van der Waals surface area contributed by atoms with E-state index >= 15 is 0 Å². The average molecular weight is 550 g/mol. The molecule has 1 aromatic carbocycles. The number of alkyl halides is 1. The number of ether oxygens (including phenoxy) is 1. The molecule has 1 fully saturated rings. The third-order valence-corrected chi connectivity index (χ3v) is 7.33. The Labute approximate surface area is 207 Å². The van der Waals surface area contributed by atoms with Gasteiger partial charge in [0.05, 0.1) is 23.3 Å². The summed E-state index contributed by atoms with van der Waals surface area (Å²) in [5, 5.41) is 3.96. The van der Waals surface area contributed by atoms with Gasteiger partial charge in [-0.05, 0) is 43.7 Å². The van der Waals surface area contributed by atoms with Crippen LogP contribution in [0, 0.1) is 6.92 Å². The molecule has 0 bridgehead atoms. The Morgan fingerprint density at radius 3 is 2.62 bits per heavy atom. The molecule has 1 aliphatic rings. The van der Waals surface area contributed by atoms with E-state index in [4.69, 9.17) is 9.15 Å². The summed E-state index contributed by atoms with van der Waals surface area (Å²) in [5.41, 5.74) is 3.24. The second kappa shape index (κ2) is 10.5. The normalized spacial score (nSPS) is 13.9. The highest BCUT2D eigenvalue weighted by Crippen LogP contribution is 2.45. The lowest BCUT2D eigenvalue weighted by atomic mass is 10.0. The Morgan fingerprint density at radius 2 is 1.97 bits per heavy atom. The number of aromatic nitrogens is 1. The Morgan fingerprint density at radius 1 is 1.24 bits per heavy atom. The first-order valence-electron chi connectivity index (χ1n) is 11.2. The van der Waals surface area contributed by atoms with Crippen molar-refractivity contribution >= 4 is 48.8 Å². The predicted octanol–water partition coefficient (Wildman–Crippen LogP) is 4.58. The van der Waals surface area contributed by atoms with E-state index in [-0.39, 0.29) is 29.1 Å². The predicted molar refractivity (Wildman–Crippen MR) is 136 cm³/mol. The van der Waals surface area contributed by atoms with Crippen LogP contribution >= 0.6 is 15.9 Å². The van der Waals surface area contributed by atoms with Crippen LogP contribution < -0.4 is 10.0 Å². The van der Waals surface area contributed by atoms with Crippen LogP contribution in [0.1, 0.15) is 46.7 Å². The monoisotopic (exact) mass is 549 g/mol. The van der Waals surface area contributed by atoms with E-state index in [1.54, 1.807) is 7.05 Å². The smallest absolute Gasteiger partial charge is 0.255 e. The fraction of sp³-hybridized carbons (Fsp3) is 0.417. The van der Waals surface area contributed by atoms with Crippen LogP contribution in [-0.2, 0) is 14.8 Å². The summed E-state index contributed by atoms with van der Waals surface area (Å²) in [5.74, 6) is 0.522. The topological polar surface area (TPSA) is 111 Å². The molecule has 1 aliphatic carbocycles. The number of rotatable bonds is 11. The molecule has 182 valence electrons. The van der Waals surface area contributed by atoms with Crippen molar-refractivity contribution in [2.75, 3.05) is 36.1 Å². The molecule has 2 heterocycles. The average Bonchev–Trinajstić information content (AvgIpc) is 3.59. The number of carbonyl (C=O) groups is 1. The van der Waals surface area contributed by atoms with Crippen LogP contribution in [-0.4, -0.2) is 50.7 Å². The first-order chi connectivity index (χ1) is 16.3. The highest BCUT2D eigenvalue weighted by molar-refractivity contribution is 9.09. The number of hydrogen-bond acceptors (Lipinski definition) is 6. The summed E-state index contributed by atoms with van der Waals surface area (Å²) in [6, 6.07) is 9.52. The molecule has 10 heteroatoms. The minimum atomic E-state index is -3.63. The molecule has 4 rings (SSSR count). The summed E-state index contributed by atoms with van der Waals surface area (Å²) < 4.78 is 39.5. The molecule has 0 atom stereocenters. The number of fused-ring (bicyclic) bond motifs is 1. The lowest BCUT2D eigenvalue weighted by Gasteiger charge is -2.12. The van der Waals surface area contributed by atoms with Gasteiger partial charge in [-0.25, -0.2) is 8.42 Å². The quantitative estimate of drug-likeness (QED) is 0.267. The Kier molecular flexibility index (Phi) is 7.59. The van der Waals surface area contributed by atoms with Crippen LogP contribution in [0.2, 0.25) is 0 Å². The minimum absolute atomic E-state index is 0.0740. The van der Waals surface area contributed by atoms with Crippen molar-refractivity contribution < 1.29 is 22.4 Å². The van der Waals surface area contributed by atoms with Gasteiger partial charge in [0.2, 0.25) is 15.7 Å². The van der Waals surface area contributed by atoms with Crippen molar-refractivity contribution in [3.05, 3.63) is 47.0 Å². The zero-order chi connectivity index (χ0) is 24.3. The molecule has 2 N–H and O–H groups in total. The molecular weight excluding hydrogens is 522 g/mol. The van der Waals surface area contributed by atoms with Crippen molar-refractivity contribution in [2.45, 2.75) is 32.1 Å². The van der Waals surface area contributed by atoms with Gasteiger partial charge in [0, 0.05) is 24.5 Å². The molecule has 0 aliphatic heterocycles. The lowest BCUT2D eigenvalue weighted by Crippen LogP contribution is -2.20. The maximum Gasteiger partial charge on any atom is 0.255 e. The maximum atomic E-state index is 12.8. The number of nitrogens with one attached hydrogen (secondary N) is 2. The van der Waals surface area contributed by atoms with Gasteiger partial charge in [-0.15, -0.1) is 0 Å². The zero-order valence-electron chi connectivity index (χ0n) is 19.2. The molecule has 0 saturated heterocycles. The number of anilines is 1. The summed E-state index contributed by atoms with van der Waals surface area (Å²) in [4.78, 5) is 17.4. The van der Waals surface area contributed by atoms with E-state index in [1.807, 2.05) is 37.3 Å². The number of pyridine rings is 1. The number of nitrogens with zero attached hydrogens (tertiary/aromatic N) is 1. The molecule has 1 saturated carbocycles. The van der Waals surface area contributed by atoms with Gasteiger partial charge in [0.25, 0.3) is 5.91 Å². The van der Waals surface area contributed by atoms with Crippen LogP contribution in [0.5, 0.6) is 0 Å². The number of furan rings is 1. The number of halogens is 1. The Hall–Kier alpha value is -2.43. The molecule has 1 amide bonds. The number of carbonyl (C=O) groups excluding carboxylic acids is 1. The lowest BCUT2D eigenvalue weighted by molar-refractivity contribution is 0.0964. The van der Waals surface area contributed by atoms with Gasteiger partial charge >= 0.3 is 0 Å². The second-order valence-corrected chi connectivity index (χ2v) is 11.0. The van der Waals surface area contributed by atoms with Gasteiger partial charge in [0.15, 0.2) is 0 Å². The maximum absolute atomic E-state index is 12.8. The Balaban J connectivity index is 1.72. The van der Waals surface area contributed by atoms with Crippen LogP contribution in [0.3, 0.4) is 0 Å². The van der Waals surface area contributed by atoms with Crippen molar-refractivity contribution in [1.82, 2.24) is 10.3 Å². The first kappa shape index (κ1) is 24.7.